The molecule has 2 heterocycles. The molecule has 3 rings (SSSR count). The van der Waals surface area contributed by atoms with Crippen molar-refractivity contribution in [1.82, 2.24) is 30.8 Å². The van der Waals surface area contributed by atoms with Gasteiger partial charge in [-0.1, -0.05) is 29.8 Å². The Balaban J connectivity index is 1.66. The van der Waals surface area contributed by atoms with Crippen LogP contribution in [0.1, 0.15) is 47.8 Å². The van der Waals surface area contributed by atoms with Crippen LogP contribution in [0.15, 0.2) is 18.2 Å². The number of carbonyl (C=O) groups is 1. The lowest BCUT2D eigenvalue weighted by Crippen LogP contribution is -2.41. The van der Waals surface area contributed by atoms with Crippen LogP contribution < -0.4 is 5.32 Å². The predicted octanol–water partition coefficient (Wildman–Crippen LogP) is 1.66. The summed E-state index contributed by atoms with van der Waals surface area (Å²) in [5, 5.41) is 16.4. The predicted molar refractivity (Wildman–Crippen MR) is 90.1 cm³/mol. The molecule has 1 aliphatic heterocycles. The van der Waals surface area contributed by atoms with Gasteiger partial charge in [0.15, 0.2) is 5.82 Å². The summed E-state index contributed by atoms with van der Waals surface area (Å²) in [6, 6.07) is 6.77. The van der Waals surface area contributed by atoms with Crippen molar-refractivity contribution < 1.29 is 4.79 Å². The Kier molecular flexibility index (Phi) is 5.20. The van der Waals surface area contributed by atoms with Crippen molar-refractivity contribution in [2.75, 3.05) is 13.1 Å². The maximum absolute atomic E-state index is 12.3. The SMILES string of the molecule is Cc1cccc(C2CCCCN2CC(=O)NCc2nn[nH]n2)c1C. The fourth-order valence-corrected chi connectivity index (χ4v) is 3.34. The zero-order valence-corrected chi connectivity index (χ0v) is 14.2. The number of aryl methyl sites for hydroxylation is 1. The minimum absolute atomic E-state index is 0.00277. The average Bonchev–Trinajstić information content (AvgIpc) is 3.10. The Hall–Kier alpha value is -2.28. The molecule has 128 valence electrons. The van der Waals surface area contributed by atoms with E-state index in [9.17, 15) is 4.79 Å². The molecule has 7 nitrogen and oxygen atoms in total. The van der Waals surface area contributed by atoms with E-state index in [1.54, 1.807) is 0 Å². The van der Waals surface area contributed by atoms with Gasteiger partial charge in [-0.25, -0.2) is 0 Å². The lowest BCUT2D eigenvalue weighted by molar-refractivity contribution is -0.123. The molecule has 1 aliphatic rings. The molecule has 1 saturated heterocycles. The Morgan fingerprint density at radius 3 is 3.04 bits per heavy atom. The zero-order valence-electron chi connectivity index (χ0n) is 14.2. The number of nitrogens with one attached hydrogen (secondary N) is 2. The van der Waals surface area contributed by atoms with E-state index in [1.807, 2.05) is 0 Å². The molecule has 24 heavy (non-hydrogen) atoms. The van der Waals surface area contributed by atoms with E-state index in [1.165, 1.54) is 23.1 Å². The maximum Gasteiger partial charge on any atom is 0.234 e. The molecule has 0 bridgehead atoms. The van der Waals surface area contributed by atoms with Crippen LogP contribution in [-0.2, 0) is 11.3 Å². The molecule has 2 aromatic rings. The van der Waals surface area contributed by atoms with Crippen LogP contribution in [0, 0.1) is 13.8 Å². The van der Waals surface area contributed by atoms with E-state index in [0.29, 0.717) is 25.0 Å². The fourth-order valence-electron chi connectivity index (χ4n) is 3.34. The number of rotatable bonds is 5. The highest BCUT2D eigenvalue weighted by Crippen LogP contribution is 2.33. The minimum Gasteiger partial charge on any atom is -0.348 e. The number of piperidine rings is 1. The van der Waals surface area contributed by atoms with E-state index < -0.39 is 0 Å². The second kappa shape index (κ2) is 7.53. The molecular weight excluding hydrogens is 304 g/mol. The largest absolute Gasteiger partial charge is 0.348 e. The Labute approximate surface area is 141 Å². The highest BCUT2D eigenvalue weighted by atomic mass is 16.2. The zero-order chi connectivity index (χ0) is 16.9. The summed E-state index contributed by atoms with van der Waals surface area (Å²) < 4.78 is 0. The first-order valence-corrected chi connectivity index (χ1v) is 8.44. The highest BCUT2D eigenvalue weighted by Gasteiger charge is 2.26. The van der Waals surface area contributed by atoms with E-state index in [2.05, 4.69) is 62.9 Å². The highest BCUT2D eigenvalue weighted by molar-refractivity contribution is 5.78. The number of aromatic nitrogens is 4. The monoisotopic (exact) mass is 328 g/mol. The average molecular weight is 328 g/mol. The molecule has 1 aromatic heterocycles. The van der Waals surface area contributed by atoms with Crippen LogP contribution in [0.5, 0.6) is 0 Å². The molecule has 1 amide bonds. The van der Waals surface area contributed by atoms with Gasteiger partial charge in [0, 0.05) is 6.04 Å². The first kappa shape index (κ1) is 16.6. The molecule has 1 unspecified atom stereocenters. The van der Waals surface area contributed by atoms with Crippen LogP contribution in [0.25, 0.3) is 0 Å². The topological polar surface area (TPSA) is 86.8 Å². The number of H-pyrrole nitrogens is 1. The van der Waals surface area contributed by atoms with E-state index in [4.69, 9.17) is 0 Å². The van der Waals surface area contributed by atoms with Gasteiger partial charge in [-0.15, -0.1) is 10.2 Å². The van der Waals surface area contributed by atoms with E-state index in [-0.39, 0.29) is 5.91 Å². The molecular formula is C17H24N6O. The molecule has 1 atom stereocenters. The summed E-state index contributed by atoms with van der Waals surface area (Å²) >= 11 is 0. The summed E-state index contributed by atoms with van der Waals surface area (Å²) in [5.41, 5.74) is 3.99. The number of benzene rings is 1. The fraction of sp³-hybridized carbons (Fsp3) is 0.529. The van der Waals surface area contributed by atoms with Gasteiger partial charge in [0.1, 0.15) is 0 Å². The van der Waals surface area contributed by atoms with Crippen molar-refractivity contribution in [3.05, 3.63) is 40.7 Å². The summed E-state index contributed by atoms with van der Waals surface area (Å²) in [5.74, 6) is 0.491. The third kappa shape index (κ3) is 3.79. The Morgan fingerprint density at radius 2 is 2.25 bits per heavy atom. The van der Waals surface area contributed by atoms with Gasteiger partial charge in [0.05, 0.1) is 13.1 Å². The minimum atomic E-state index is -0.00277. The molecule has 0 radical (unpaired) electrons. The molecule has 1 aromatic carbocycles. The molecule has 7 heteroatoms. The van der Waals surface area contributed by atoms with Gasteiger partial charge < -0.3 is 5.32 Å². The van der Waals surface area contributed by atoms with Gasteiger partial charge in [-0.2, -0.15) is 5.21 Å². The standard InChI is InChI=1S/C17H24N6O/c1-12-6-5-7-14(13(12)2)15-8-3-4-9-23(15)11-17(24)18-10-16-19-21-22-20-16/h5-7,15H,3-4,8-11H2,1-2H3,(H,18,24)(H,19,20,21,22). The number of hydrogen-bond donors (Lipinski definition) is 2. The lowest BCUT2D eigenvalue weighted by Gasteiger charge is -2.36. The van der Waals surface area contributed by atoms with Crippen LogP contribution >= 0.6 is 0 Å². The first-order valence-electron chi connectivity index (χ1n) is 8.44. The van der Waals surface area contributed by atoms with Gasteiger partial charge in [-0.05, 0) is 49.9 Å². The van der Waals surface area contributed by atoms with Crippen molar-refractivity contribution in [1.29, 1.82) is 0 Å². The maximum atomic E-state index is 12.3. The number of tetrazole rings is 1. The van der Waals surface area contributed by atoms with Crippen LogP contribution in [0.3, 0.4) is 0 Å². The first-order chi connectivity index (χ1) is 11.6. The van der Waals surface area contributed by atoms with E-state index in [0.717, 1.165) is 19.4 Å². The summed E-state index contributed by atoms with van der Waals surface area (Å²) in [6.07, 6.45) is 3.45. The molecule has 1 fully saturated rings. The lowest BCUT2D eigenvalue weighted by atomic mass is 9.90. The number of likely N-dealkylation sites (tertiary alicyclic amines) is 1. The Morgan fingerprint density at radius 1 is 1.38 bits per heavy atom. The molecule has 0 saturated carbocycles. The quantitative estimate of drug-likeness (QED) is 0.872. The van der Waals surface area contributed by atoms with Gasteiger partial charge in [-0.3, -0.25) is 9.69 Å². The number of hydrogen-bond acceptors (Lipinski definition) is 5. The number of amides is 1. The number of carbonyl (C=O) groups excluding carboxylic acids is 1. The van der Waals surface area contributed by atoms with Crippen molar-refractivity contribution in [3.8, 4) is 0 Å². The molecule has 0 aliphatic carbocycles. The van der Waals surface area contributed by atoms with Crippen LogP contribution in [-0.4, -0.2) is 44.5 Å². The number of aromatic amines is 1. The molecule has 2 N–H and O–H groups in total. The third-order valence-electron chi connectivity index (χ3n) is 4.80. The summed E-state index contributed by atoms with van der Waals surface area (Å²) in [7, 11) is 0. The smallest absolute Gasteiger partial charge is 0.234 e. The van der Waals surface area contributed by atoms with Crippen molar-refractivity contribution >= 4 is 5.91 Å². The second-order valence-electron chi connectivity index (χ2n) is 6.38. The summed E-state index contributed by atoms with van der Waals surface area (Å²) in [4.78, 5) is 14.6. The van der Waals surface area contributed by atoms with Gasteiger partial charge in [0.25, 0.3) is 0 Å². The normalized spacial score (nSPS) is 18.5. The van der Waals surface area contributed by atoms with Crippen LogP contribution in [0.2, 0.25) is 0 Å². The van der Waals surface area contributed by atoms with Crippen molar-refractivity contribution in [2.24, 2.45) is 0 Å². The molecule has 0 spiro atoms. The Bertz CT molecular complexity index is 684. The van der Waals surface area contributed by atoms with E-state index >= 15 is 0 Å². The van der Waals surface area contributed by atoms with Crippen molar-refractivity contribution in [3.63, 3.8) is 0 Å². The third-order valence-corrected chi connectivity index (χ3v) is 4.80. The van der Waals surface area contributed by atoms with Crippen molar-refractivity contribution in [2.45, 2.75) is 45.7 Å². The van der Waals surface area contributed by atoms with Crippen LogP contribution in [0.4, 0.5) is 0 Å². The summed E-state index contributed by atoms with van der Waals surface area (Å²) in [6.45, 7) is 5.97. The van der Waals surface area contributed by atoms with Gasteiger partial charge >= 0.3 is 0 Å². The number of nitrogens with zero attached hydrogens (tertiary/aromatic N) is 4. The second-order valence-corrected chi connectivity index (χ2v) is 6.38. The van der Waals surface area contributed by atoms with Gasteiger partial charge in [0.2, 0.25) is 5.91 Å².